The fourth-order valence-electron chi connectivity index (χ4n) is 2.42. The lowest BCUT2D eigenvalue weighted by atomic mass is 10.1. The highest BCUT2D eigenvalue weighted by Gasteiger charge is 2.45. The SMILES string of the molecule is C[Si](C)(C)OC[C@@H](O[Si](C)(C)C)[C@H]1OC(=O)C[C@H]1O[Si](C)(C)C. The van der Waals surface area contributed by atoms with Crippen LogP contribution < -0.4 is 0 Å². The van der Waals surface area contributed by atoms with E-state index in [9.17, 15) is 4.79 Å². The second-order valence-corrected chi connectivity index (χ2v) is 22.6. The first-order chi connectivity index (χ1) is 10.2. The van der Waals surface area contributed by atoms with Crippen molar-refractivity contribution >= 4 is 30.9 Å². The second kappa shape index (κ2) is 7.49. The van der Waals surface area contributed by atoms with Gasteiger partial charge in [-0.3, -0.25) is 4.79 Å². The average Bonchev–Trinajstić information content (AvgIpc) is 2.60. The zero-order valence-corrected chi connectivity index (χ0v) is 19.2. The molecule has 1 aliphatic rings. The average molecular weight is 379 g/mol. The molecular formula is C15H34O5Si3. The van der Waals surface area contributed by atoms with Crippen molar-refractivity contribution in [2.75, 3.05) is 6.61 Å². The molecule has 0 N–H and O–H groups in total. The highest BCUT2D eigenvalue weighted by atomic mass is 28.4. The third-order valence-corrected chi connectivity index (χ3v) is 6.11. The molecule has 0 aromatic heterocycles. The van der Waals surface area contributed by atoms with Crippen LogP contribution in [0.25, 0.3) is 0 Å². The Hall–Kier alpha value is 0.000649. The molecule has 136 valence electrons. The molecule has 0 saturated carbocycles. The Labute approximate surface area is 144 Å². The lowest BCUT2D eigenvalue weighted by Crippen LogP contribution is -2.49. The van der Waals surface area contributed by atoms with E-state index >= 15 is 0 Å². The number of carbonyl (C=O) groups excluding carboxylic acids is 1. The summed E-state index contributed by atoms with van der Waals surface area (Å²) < 4.78 is 24.1. The molecule has 0 spiro atoms. The van der Waals surface area contributed by atoms with E-state index in [1.165, 1.54) is 0 Å². The van der Waals surface area contributed by atoms with Gasteiger partial charge < -0.3 is 18.0 Å². The highest BCUT2D eigenvalue weighted by molar-refractivity contribution is 6.70. The van der Waals surface area contributed by atoms with Crippen LogP contribution in [0.4, 0.5) is 0 Å². The summed E-state index contributed by atoms with van der Waals surface area (Å²) in [6.07, 6.45) is -0.521. The Morgan fingerprint density at radius 2 is 1.57 bits per heavy atom. The summed E-state index contributed by atoms with van der Waals surface area (Å²) in [6, 6.07) is 0. The largest absolute Gasteiger partial charge is 0.457 e. The zero-order valence-electron chi connectivity index (χ0n) is 16.2. The Morgan fingerprint density at radius 3 is 2.00 bits per heavy atom. The summed E-state index contributed by atoms with van der Waals surface area (Å²) in [7, 11) is -5.23. The first-order valence-corrected chi connectivity index (χ1v) is 18.6. The quantitative estimate of drug-likeness (QED) is 0.477. The van der Waals surface area contributed by atoms with E-state index in [2.05, 4.69) is 58.9 Å². The fourth-order valence-corrected chi connectivity index (χ4v) is 5.32. The predicted molar refractivity (Wildman–Crippen MR) is 100 cm³/mol. The van der Waals surface area contributed by atoms with Crippen molar-refractivity contribution in [1.29, 1.82) is 0 Å². The molecule has 0 radical (unpaired) electrons. The van der Waals surface area contributed by atoms with Gasteiger partial charge in [0.05, 0.1) is 19.1 Å². The first-order valence-electron chi connectivity index (χ1n) is 8.35. The normalized spacial score (nSPS) is 24.7. The molecule has 5 nitrogen and oxygen atoms in total. The highest BCUT2D eigenvalue weighted by Crippen LogP contribution is 2.28. The van der Waals surface area contributed by atoms with Crippen LogP contribution in [0.15, 0.2) is 0 Å². The van der Waals surface area contributed by atoms with Crippen LogP contribution >= 0.6 is 0 Å². The molecule has 3 atom stereocenters. The van der Waals surface area contributed by atoms with Gasteiger partial charge in [-0.05, 0) is 58.9 Å². The molecule has 0 aromatic rings. The molecular weight excluding hydrogens is 344 g/mol. The second-order valence-electron chi connectivity index (χ2n) is 9.12. The smallest absolute Gasteiger partial charge is 0.308 e. The van der Waals surface area contributed by atoms with E-state index in [0.717, 1.165) is 0 Å². The van der Waals surface area contributed by atoms with E-state index in [-0.39, 0.29) is 24.3 Å². The predicted octanol–water partition coefficient (Wildman–Crippen LogP) is 3.59. The Kier molecular flexibility index (Phi) is 6.85. The monoisotopic (exact) mass is 378 g/mol. The van der Waals surface area contributed by atoms with E-state index in [0.29, 0.717) is 13.0 Å². The topological polar surface area (TPSA) is 54.0 Å². The number of ether oxygens (including phenoxy) is 1. The maximum atomic E-state index is 11.9. The van der Waals surface area contributed by atoms with Gasteiger partial charge in [0.2, 0.25) is 0 Å². The molecule has 0 aliphatic carbocycles. The molecule has 0 aromatic carbocycles. The number of hydrogen-bond acceptors (Lipinski definition) is 5. The lowest BCUT2D eigenvalue weighted by molar-refractivity contribution is -0.146. The van der Waals surface area contributed by atoms with Crippen molar-refractivity contribution in [2.24, 2.45) is 0 Å². The maximum Gasteiger partial charge on any atom is 0.308 e. The van der Waals surface area contributed by atoms with Crippen molar-refractivity contribution in [2.45, 2.75) is 83.7 Å². The van der Waals surface area contributed by atoms with Gasteiger partial charge in [0.25, 0.3) is 0 Å². The maximum absolute atomic E-state index is 11.9. The number of carbonyl (C=O) groups is 1. The molecule has 1 aliphatic heterocycles. The fraction of sp³-hybridized carbons (Fsp3) is 0.933. The van der Waals surface area contributed by atoms with Crippen LogP contribution in [-0.4, -0.2) is 55.8 Å². The molecule has 0 unspecified atom stereocenters. The van der Waals surface area contributed by atoms with Crippen molar-refractivity contribution in [3.05, 3.63) is 0 Å². The third kappa shape index (κ3) is 8.59. The van der Waals surface area contributed by atoms with Crippen LogP contribution in [0.3, 0.4) is 0 Å². The molecule has 1 heterocycles. The summed E-state index contributed by atoms with van der Waals surface area (Å²) in [5.74, 6) is -0.199. The van der Waals surface area contributed by atoms with E-state index in [1.807, 2.05) is 0 Å². The molecule has 1 saturated heterocycles. The van der Waals surface area contributed by atoms with Gasteiger partial charge in [-0.1, -0.05) is 0 Å². The minimum absolute atomic E-state index is 0.199. The van der Waals surface area contributed by atoms with Crippen LogP contribution in [0, 0.1) is 0 Å². The van der Waals surface area contributed by atoms with Crippen molar-refractivity contribution in [1.82, 2.24) is 0 Å². The van der Waals surface area contributed by atoms with Gasteiger partial charge in [-0.15, -0.1) is 0 Å². The molecule has 0 amide bonds. The van der Waals surface area contributed by atoms with Gasteiger partial charge in [0.15, 0.2) is 31.1 Å². The minimum Gasteiger partial charge on any atom is -0.457 e. The minimum atomic E-state index is -1.79. The summed E-state index contributed by atoms with van der Waals surface area (Å²) in [5.41, 5.74) is 0. The van der Waals surface area contributed by atoms with Crippen molar-refractivity contribution < 1.29 is 22.8 Å². The molecule has 1 rings (SSSR count). The van der Waals surface area contributed by atoms with Crippen LogP contribution in [0.2, 0.25) is 58.9 Å². The molecule has 8 heteroatoms. The van der Waals surface area contributed by atoms with Gasteiger partial charge in [0.1, 0.15) is 6.10 Å². The number of rotatable bonds is 8. The Balaban J connectivity index is 2.90. The molecule has 1 fully saturated rings. The van der Waals surface area contributed by atoms with Gasteiger partial charge in [-0.2, -0.15) is 0 Å². The molecule has 23 heavy (non-hydrogen) atoms. The Bertz CT molecular complexity index is 409. The van der Waals surface area contributed by atoms with Gasteiger partial charge in [0, 0.05) is 0 Å². The van der Waals surface area contributed by atoms with Crippen molar-refractivity contribution in [3.8, 4) is 0 Å². The van der Waals surface area contributed by atoms with Gasteiger partial charge in [-0.25, -0.2) is 0 Å². The summed E-state index contributed by atoms with van der Waals surface area (Å²) in [4.78, 5) is 11.9. The van der Waals surface area contributed by atoms with Crippen LogP contribution in [0.1, 0.15) is 6.42 Å². The molecule has 0 bridgehead atoms. The van der Waals surface area contributed by atoms with E-state index < -0.39 is 25.0 Å². The van der Waals surface area contributed by atoms with Crippen LogP contribution in [-0.2, 0) is 22.8 Å². The summed E-state index contributed by atoms with van der Waals surface area (Å²) >= 11 is 0. The van der Waals surface area contributed by atoms with E-state index in [4.69, 9.17) is 18.0 Å². The van der Waals surface area contributed by atoms with Crippen molar-refractivity contribution in [3.63, 3.8) is 0 Å². The summed E-state index contributed by atoms with van der Waals surface area (Å²) in [5, 5.41) is 0. The number of esters is 1. The number of hydrogen-bond donors (Lipinski definition) is 0. The number of cyclic esters (lactones) is 1. The summed E-state index contributed by atoms with van der Waals surface area (Å²) in [6.45, 7) is 19.7. The Morgan fingerprint density at radius 1 is 1.00 bits per heavy atom. The third-order valence-electron chi connectivity index (χ3n) is 3.06. The van der Waals surface area contributed by atoms with E-state index in [1.54, 1.807) is 0 Å². The lowest BCUT2D eigenvalue weighted by Gasteiger charge is -2.35. The standard InChI is InChI=1S/C15H34O5Si3/c1-21(2,3)17-11-13(20-23(7,8)9)15-12(10-14(16)18-15)19-22(4,5)6/h12-13,15H,10-11H2,1-9H3/t12-,13-,15+/m1/s1. The van der Waals surface area contributed by atoms with Gasteiger partial charge >= 0.3 is 5.97 Å². The van der Waals surface area contributed by atoms with Crippen LogP contribution in [0.5, 0.6) is 0 Å². The zero-order chi connectivity index (χ0) is 18.1. The first kappa shape index (κ1) is 21.0.